The zero-order valence-corrected chi connectivity index (χ0v) is 16.9. The number of nitrogens with one attached hydrogen (secondary N) is 2. The first kappa shape index (κ1) is 21.9. The third-order valence-electron chi connectivity index (χ3n) is 4.23. The van der Waals surface area contributed by atoms with Gasteiger partial charge in [-0.1, -0.05) is 0 Å². The van der Waals surface area contributed by atoms with Crippen molar-refractivity contribution in [1.29, 1.82) is 0 Å². The highest BCUT2D eigenvalue weighted by Crippen LogP contribution is 2.23. The van der Waals surface area contributed by atoms with Crippen molar-refractivity contribution in [3.63, 3.8) is 0 Å². The number of amides is 2. The van der Waals surface area contributed by atoms with E-state index in [0.29, 0.717) is 0 Å². The van der Waals surface area contributed by atoms with E-state index in [2.05, 4.69) is 10.6 Å². The van der Waals surface area contributed by atoms with Crippen LogP contribution in [0.25, 0.3) is 0 Å². The van der Waals surface area contributed by atoms with Crippen LogP contribution in [0, 0.1) is 10.8 Å². The Labute approximate surface area is 154 Å². The largest absolute Gasteiger partial charge is 0.463 e. The number of rotatable bonds is 0. The second kappa shape index (κ2) is 6.89. The van der Waals surface area contributed by atoms with E-state index in [9.17, 15) is 19.2 Å². The average Bonchev–Trinajstić information content (AvgIpc) is 2.48. The van der Waals surface area contributed by atoms with Gasteiger partial charge >= 0.3 is 11.9 Å². The molecule has 0 bridgehead atoms. The molecule has 0 unspecified atom stereocenters. The topological polar surface area (TPSA) is 111 Å². The molecule has 26 heavy (non-hydrogen) atoms. The predicted octanol–water partition coefficient (Wildman–Crippen LogP) is 0.928. The number of hydrogen-bond donors (Lipinski definition) is 2. The van der Waals surface area contributed by atoms with E-state index in [1.54, 1.807) is 27.7 Å². The first-order valence-corrected chi connectivity index (χ1v) is 8.51. The Morgan fingerprint density at radius 2 is 0.885 bits per heavy atom. The molecule has 0 radical (unpaired) electrons. The highest BCUT2D eigenvalue weighted by Gasteiger charge is 2.42. The SMILES string of the molecule is CC1(C)COC(=O)C(C)(C)NC(=O)C(C)(C)COC(=O)C(C)(C)NC1=O. The van der Waals surface area contributed by atoms with Gasteiger partial charge in [0.2, 0.25) is 11.8 Å². The number of ether oxygens (including phenoxy) is 2. The minimum atomic E-state index is -1.30. The molecule has 1 saturated heterocycles. The van der Waals surface area contributed by atoms with Crippen LogP contribution in [0.15, 0.2) is 0 Å². The van der Waals surface area contributed by atoms with Gasteiger partial charge in [0.25, 0.3) is 0 Å². The van der Waals surface area contributed by atoms with Crippen molar-refractivity contribution in [2.24, 2.45) is 10.8 Å². The van der Waals surface area contributed by atoms with Crippen LogP contribution in [0.3, 0.4) is 0 Å². The lowest BCUT2D eigenvalue weighted by Crippen LogP contribution is -2.58. The molecule has 1 rings (SSSR count). The molecule has 1 aliphatic heterocycles. The number of esters is 2. The molecule has 8 heteroatoms. The van der Waals surface area contributed by atoms with Gasteiger partial charge in [0.1, 0.15) is 24.3 Å². The van der Waals surface area contributed by atoms with Crippen molar-refractivity contribution in [2.75, 3.05) is 13.2 Å². The van der Waals surface area contributed by atoms with Crippen molar-refractivity contribution < 1.29 is 28.7 Å². The zero-order valence-electron chi connectivity index (χ0n) is 16.9. The van der Waals surface area contributed by atoms with Crippen molar-refractivity contribution >= 4 is 23.8 Å². The zero-order chi connectivity index (χ0) is 20.6. The average molecular weight is 370 g/mol. The molecule has 1 heterocycles. The lowest BCUT2D eigenvalue weighted by molar-refractivity contribution is -0.164. The Kier molecular flexibility index (Phi) is 5.81. The summed E-state index contributed by atoms with van der Waals surface area (Å²) < 4.78 is 10.5. The Balaban J connectivity index is 3.21. The summed E-state index contributed by atoms with van der Waals surface area (Å²) in [5, 5.41) is 5.24. The molecule has 0 aromatic heterocycles. The highest BCUT2D eigenvalue weighted by molar-refractivity contribution is 5.92. The van der Waals surface area contributed by atoms with Crippen LogP contribution in [-0.2, 0) is 28.7 Å². The van der Waals surface area contributed by atoms with Gasteiger partial charge in [0.15, 0.2) is 0 Å². The number of hydrogen-bond acceptors (Lipinski definition) is 6. The number of cyclic esters (lactones) is 2. The maximum Gasteiger partial charge on any atom is 0.331 e. The van der Waals surface area contributed by atoms with Crippen molar-refractivity contribution in [1.82, 2.24) is 10.6 Å². The molecule has 0 atom stereocenters. The van der Waals surface area contributed by atoms with Gasteiger partial charge in [-0.25, -0.2) is 9.59 Å². The molecule has 0 spiro atoms. The summed E-state index contributed by atoms with van der Waals surface area (Å²) in [5.74, 6) is -2.22. The summed E-state index contributed by atoms with van der Waals surface area (Å²) in [6.45, 7) is 12.0. The maximum atomic E-state index is 12.5. The standard InChI is InChI=1S/C18H30N2O6/c1-15(2)9-25-13(23)18(7,8)20-12(22)16(3,4)10-26-14(24)17(5,6)19-11(15)21/h9-10H2,1-8H3,(H,19,21)(H,20,22). The molecule has 0 saturated carbocycles. The van der Waals surface area contributed by atoms with Crippen LogP contribution in [0.2, 0.25) is 0 Å². The first-order chi connectivity index (χ1) is 11.5. The summed E-state index contributed by atoms with van der Waals surface area (Å²) in [6.07, 6.45) is 0. The highest BCUT2D eigenvalue weighted by atomic mass is 16.5. The third kappa shape index (κ3) is 4.95. The van der Waals surface area contributed by atoms with Crippen LogP contribution < -0.4 is 10.6 Å². The van der Waals surface area contributed by atoms with E-state index >= 15 is 0 Å². The Bertz CT molecular complexity index is 565. The fourth-order valence-corrected chi connectivity index (χ4v) is 1.99. The van der Waals surface area contributed by atoms with Gasteiger partial charge in [-0.15, -0.1) is 0 Å². The molecule has 1 fully saturated rings. The monoisotopic (exact) mass is 370 g/mol. The Morgan fingerprint density at radius 3 is 1.15 bits per heavy atom. The number of carbonyl (C=O) groups is 4. The fourth-order valence-electron chi connectivity index (χ4n) is 1.99. The van der Waals surface area contributed by atoms with Crippen molar-refractivity contribution in [3.05, 3.63) is 0 Å². The predicted molar refractivity (Wildman–Crippen MR) is 93.9 cm³/mol. The van der Waals surface area contributed by atoms with Crippen molar-refractivity contribution in [2.45, 2.75) is 66.5 Å². The molecule has 0 aromatic rings. The van der Waals surface area contributed by atoms with E-state index in [1.165, 1.54) is 27.7 Å². The molecule has 8 nitrogen and oxygen atoms in total. The minimum Gasteiger partial charge on any atom is -0.463 e. The summed E-state index contributed by atoms with van der Waals surface area (Å²) in [7, 11) is 0. The summed E-state index contributed by atoms with van der Waals surface area (Å²) >= 11 is 0. The van der Waals surface area contributed by atoms with Crippen LogP contribution >= 0.6 is 0 Å². The van der Waals surface area contributed by atoms with Gasteiger partial charge in [0, 0.05) is 0 Å². The molecule has 2 amide bonds. The molecule has 0 aliphatic carbocycles. The van der Waals surface area contributed by atoms with Gasteiger partial charge in [0.05, 0.1) is 10.8 Å². The minimum absolute atomic E-state index is 0.203. The summed E-state index contributed by atoms with van der Waals surface area (Å²) in [5.41, 5.74) is -4.74. The molecule has 148 valence electrons. The van der Waals surface area contributed by atoms with Gasteiger partial charge in [-0.2, -0.15) is 0 Å². The third-order valence-corrected chi connectivity index (χ3v) is 4.23. The molecule has 1 aliphatic rings. The van der Waals surface area contributed by atoms with Crippen LogP contribution in [-0.4, -0.2) is 48.0 Å². The van der Waals surface area contributed by atoms with E-state index in [0.717, 1.165) is 0 Å². The quantitative estimate of drug-likeness (QED) is 0.614. The number of carbonyl (C=O) groups excluding carboxylic acids is 4. The summed E-state index contributed by atoms with van der Waals surface area (Å²) in [4.78, 5) is 49.8. The Hall–Kier alpha value is -2.12. The lowest BCUT2D eigenvalue weighted by atomic mass is 9.90. The van der Waals surface area contributed by atoms with E-state index in [4.69, 9.17) is 9.47 Å². The second-order valence-electron chi connectivity index (χ2n) is 9.08. The fraction of sp³-hybridized carbons (Fsp3) is 0.778. The second-order valence-corrected chi connectivity index (χ2v) is 9.08. The summed E-state index contributed by atoms with van der Waals surface area (Å²) in [6, 6.07) is 0. The van der Waals surface area contributed by atoms with Crippen molar-refractivity contribution in [3.8, 4) is 0 Å². The molecule has 0 aromatic carbocycles. The normalized spacial score (nSPS) is 25.8. The van der Waals surface area contributed by atoms with Crippen LogP contribution in [0.1, 0.15) is 55.4 Å². The lowest BCUT2D eigenvalue weighted by Gasteiger charge is -2.34. The van der Waals surface area contributed by atoms with Gasteiger partial charge in [-0.05, 0) is 55.4 Å². The molecular formula is C18H30N2O6. The van der Waals surface area contributed by atoms with E-state index in [-0.39, 0.29) is 13.2 Å². The smallest absolute Gasteiger partial charge is 0.331 e. The van der Waals surface area contributed by atoms with Crippen LogP contribution in [0.5, 0.6) is 0 Å². The van der Waals surface area contributed by atoms with E-state index in [1.807, 2.05) is 0 Å². The van der Waals surface area contributed by atoms with E-state index < -0.39 is 45.7 Å². The van der Waals surface area contributed by atoms with Gasteiger partial charge in [-0.3, -0.25) is 9.59 Å². The Morgan fingerprint density at radius 1 is 0.615 bits per heavy atom. The van der Waals surface area contributed by atoms with Crippen LogP contribution in [0.4, 0.5) is 0 Å². The molecule has 2 N–H and O–H groups in total. The molecular weight excluding hydrogens is 340 g/mol. The maximum absolute atomic E-state index is 12.5. The van der Waals surface area contributed by atoms with Gasteiger partial charge < -0.3 is 20.1 Å². The first-order valence-electron chi connectivity index (χ1n) is 8.51.